The number of hydrogen-bond acceptors (Lipinski definition) is 3. The predicted molar refractivity (Wildman–Crippen MR) is 59.9 cm³/mol. The topological polar surface area (TPSA) is 44.1 Å². The maximum absolute atomic E-state index is 11.3. The molecule has 1 rings (SSSR count). The highest BCUT2D eigenvalue weighted by Gasteiger charge is 2.17. The molecule has 1 aromatic rings. The molecule has 0 spiro atoms. The summed E-state index contributed by atoms with van der Waals surface area (Å²) >= 11 is 1.29. The van der Waals surface area contributed by atoms with Crippen molar-refractivity contribution < 1.29 is 4.79 Å². The average Bonchev–Trinajstić information content (AvgIpc) is 2.26. The third-order valence-electron chi connectivity index (χ3n) is 1.80. The molecule has 0 N–H and O–H groups in total. The molecule has 0 fully saturated rings. The molecule has 78 valence electrons. The summed E-state index contributed by atoms with van der Waals surface area (Å²) in [7, 11) is 0. The van der Waals surface area contributed by atoms with Crippen molar-refractivity contribution >= 4 is 17.9 Å². The van der Waals surface area contributed by atoms with E-state index in [4.69, 9.17) is 5.26 Å². The first-order chi connectivity index (χ1) is 7.15. The Morgan fingerprint density at radius 1 is 1.47 bits per heavy atom. The first-order valence-electron chi connectivity index (χ1n) is 4.57. The number of amides is 1. The molecule has 0 aliphatic heterocycles. The zero-order chi connectivity index (χ0) is 11.3. The van der Waals surface area contributed by atoms with Crippen LogP contribution >= 0.6 is 11.9 Å². The molecule has 0 aliphatic carbocycles. The summed E-state index contributed by atoms with van der Waals surface area (Å²) in [6, 6.07) is 11.2. The first kappa shape index (κ1) is 11.6. The summed E-state index contributed by atoms with van der Waals surface area (Å²) in [5.41, 5.74) is 0. The van der Waals surface area contributed by atoms with Crippen LogP contribution in [0.2, 0.25) is 0 Å². The number of carbonyl (C=O) groups excluding carboxylic acids is 1. The summed E-state index contributed by atoms with van der Waals surface area (Å²) in [5, 5.41) is 8.77. The summed E-state index contributed by atoms with van der Waals surface area (Å²) in [6.07, 6.45) is 0. The van der Waals surface area contributed by atoms with E-state index >= 15 is 0 Å². The number of hydrogen-bond donors (Lipinski definition) is 0. The summed E-state index contributed by atoms with van der Waals surface area (Å²) in [5.74, 6) is -0.113. The van der Waals surface area contributed by atoms with E-state index in [1.165, 1.54) is 23.2 Å². The maximum atomic E-state index is 11.3. The molecule has 1 aromatic carbocycles. The second kappa shape index (κ2) is 5.42. The van der Waals surface area contributed by atoms with Crippen LogP contribution in [0.3, 0.4) is 0 Å². The molecule has 0 bridgehead atoms. The number of nitrogens with zero attached hydrogens (tertiary/aromatic N) is 2. The van der Waals surface area contributed by atoms with Gasteiger partial charge in [0.25, 0.3) is 0 Å². The van der Waals surface area contributed by atoms with Gasteiger partial charge in [-0.15, -0.1) is 0 Å². The van der Waals surface area contributed by atoms with Crippen molar-refractivity contribution in [1.29, 1.82) is 5.26 Å². The average molecular weight is 220 g/mol. The maximum Gasteiger partial charge on any atom is 0.230 e. The Hall–Kier alpha value is -1.47. The van der Waals surface area contributed by atoms with E-state index in [9.17, 15) is 4.79 Å². The minimum atomic E-state index is -0.423. The fourth-order valence-electron chi connectivity index (χ4n) is 1.06. The molecule has 0 aliphatic rings. The second-order valence-corrected chi connectivity index (χ2v) is 4.10. The largest absolute Gasteiger partial charge is 0.274 e. The third kappa shape index (κ3) is 3.30. The van der Waals surface area contributed by atoms with Crippen molar-refractivity contribution in [3.05, 3.63) is 30.3 Å². The standard InChI is InChI=1S/C11H12N2OS/c1-9(8-12)13(10(2)14)15-11-6-4-3-5-7-11/h3-7,9H,1-2H3. The molecule has 1 amide bonds. The summed E-state index contributed by atoms with van der Waals surface area (Å²) < 4.78 is 1.47. The van der Waals surface area contributed by atoms with Crippen LogP contribution in [-0.4, -0.2) is 16.3 Å². The first-order valence-corrected chi connectivity index (χ1v) is 5.35. The van der Waals surface area contributed by atoms with Crippen LogP contribution < -0.4 is 0 Å². The van der Waals surface area contributed by atoms with E-state index in [1.54, 1.807) is 6.92 Å². The van der Waals surface area contributed by atoms with E-state index in [1.807, 2.05) is 30.3 Å². The van der Waals surface area contributed by atoms with Crippen LogP contribution in [0.5, 0.6) is 0 Å². The van der Waals surface area contributed by atoms with Crippen LogP contribution in [0, 0.1) is 11.3 Å². The fourth-order valence-corrected chi connectivity index (χ4v) is 1.90. The monoisotopic (exact) mass is 220 g/mol. The van der Waals surface area contributed by atoms with Crippen molar-refractivity contribution in [1.82, 2.24) is 4.31 Å². The van der Waals surface area contributed by atoms with Crippen LogP contribution in [0.1, 0.15) is 13.8 Å². The molecule has 0 saturated carbocycles. The van der Waals surface area contributed by atoms with E-state index in [0.29, 0.717) is 0 Å². The van der Waals surface area contributed by atoms with E-state index in [-0.39, 0.29) is 5.91 Å². The van der Waals surface area contributed by atoms with Gasteiger partial charge in [0.15, 0.2) is 0 Å². The lowest BCUT2D eigenvalue weighted by Gasteiger charge is -2.21. The highest BCUT2D eigenvalue weighted by molar-refractivity contribution is 7.97. The number of rotatable bonds is 3. The van der Waals surface area contributed by atoms with E-state index in [2.05, 4.69) is 6.07 Å². The molecule has 4 heteroatoms. The number of carbonyl (C=O) groups is 1. The highest BCUT2D eigenvalue weighted by Crippen LogP contribution is 2.24. The predicted octanol–water partition coefficient (Wildman–Crippen LogP) is 2.45. The van der Waals surface area contributed by atoms with Crippen molar-refractivity contribution in [2.75, 3.05) is 0 Å². The van der Waals surface area contributed by atoms with Crippen LogP contribution in [-0.2, 0) is 4.79 Å². The molecule has 0 saturated heterocycles. The Kier molecular flexibility index (Phi) is 4.19. The lowest BCUT2D eigenvalue weighted by Crippen LogP contribution is -2.29. The van der Waals surface area contributed by atoms with Gasteiger partial charge < -0.3 is 0 Å². The minimum absolute atomic E-state index is 0.113. The molecule has 15 heavy (non-hydrogen) atoms. The van der Waals surface area contributed by atoms with Gasteiger partial charge in [0, 0.05) is 11.8 Å². The molecule has 1 atom stereocenters. The Morgan fingerprint density at radius 3 is 2.53 bits per heavy atom. The van der Waals surface area contributed by atoms with E-state index < -0.39 is 6.04 Å². The van der Waals surface area contributed by atoms with Gasteiger partial charge >= 0.3 is 0 Å². The van der Waals surface area contributed by atoms with Gasteiger partial charge in [-0.05, 0) is 31.0 Å². The SMILES string of the molecule is CC(=O)N(Sc1ccccc1)C(C)C#N. The van der Waals surface area contributed by atoms with Gasteiger partial charge in [-0.25, -0.2) is 0 Å². The summed E-state index contributed by atoms with van der Waals surface area (Å²) in [4.78, 5) is 12.3. The number of benzene rings is 1. The second-order valence-electron chi connectivity index (χ2n) is 3.05. The van der Waals surface area contributed by atoms with Gasteiger partial charge in [-0.2, -0.15) is 5.26 Å². The fraction of sp³-hybridized carbons (Fsp3) is 0.273. The highest BCUT2D eigenvalue weighted by atomic mass is 32.2. The van der Waals surface area contributed by atoms with Crippen molar-refractivity contribution in [2.45, 2.75) is 24.8 Å². The van der Waals surface area contributed by atoms with Crippen molar-refractivity contribution in [3.63, 3.8) is 0 Å². The molecule has 0 heterocycles. The molecule has 1 unspecified atom stereocenters. The lowest BCUT2D eigenvalue weighted by molar-refractivity contribution is -0.124. The molecule has 0 aromatic heterocycles. The van der Waals surface area contributed by atoms with Crippen molar-refractivity contribution in [2.24, 2.45) is 0 Å². The van der Waals surface area contributed by atoms with Gasteiger partial charge in [0.1, 0.15) is 6.04 Å². The van der Waals surface area contributed by atoms with Crippen LogP contribution in [0.4, 0.5) is 0 Å². The number of nitriles is 1. The Balaban J connectivity index is 2.77. The Bertz CT molecular complexity index is 372. The lowest BCUT2D eigenvalue weighted by atomic mass is 10.4. The zero-order valence-corrected chi connectivity index (χ0v) is 9.49. The Labute approximate surface area is 93.8 Å². The van der Waals surface area contributed by atoms with Gasteiger partial charge in [0.2, 0.25) is 5.91 Å². The molecule has 0 radical (unpaired) electrons. The van der Waals surface area contributed by atoms with E-state index in [0.717, 1.165) is 4.90 Å². The third-order valence-corrected chi connectivity index (χ3v) is 3.05. The van der Waals surface area contributed by atoms with Crippen LogP contribution in [0.15, 0.2) is 35.2 Å². The smallest absolute Gasteiger partial charge is 0.230 e. The van der Waals surface area contributed by atoms with Gasteiger partial charge in [-0.3, -0.25) is 9.10 Å². The van der Waals surface area contributed by atoms with Gasteiger partial charge in [-0.1, -0.05) is 18.2 Å². The zero-order valence-electron chi connectivity index (χ0n) is 8.68. The normalized spacial score (nSPS) is 11.5. The molecule has 3 nitrogen and oxygen atoms in total. The van der Waals surface area contributed by atoms with Crippen molar-refractivity contribution in [3.8, 4) is 6.07 Å². The summed E-state index contributed by atoms with van der Waals surface area (Å²) in [6.45, 7) is 3.17. The molecular formula is C11H12N2OS. The quantitative estimate of drug-likeness (QED) is 0.735. The Morgan fingerprint density at radius 2 is 2.07 bits per heavy atom. The molecular weight excluding hydrogens is 208 g/mol. The van der Waals surface area contributed by atoms with Gasteiger partial charge in [0.05, 0.1) is 6.07 Å². The minimum Gasteiger partial charge on any atom is -0.274 e. The van der Waals surface area contributed by atoms with Crippen LogP contribution in [0.25, 0.3) is 0 Å².